The second kappa shape index (κ2) is 8.82. The summed E-state index contributed by atoms with van der Waals surface area (Å²) < 4.78 is 0. The fraction of sp³-hybridized carbons (Fsp3) is 0.409. The SMILES string of the molecule is CC(C)c1cccc(C(C)C)c1NC(=O)C[NH+](C)Cc1ccccc1. The summed E-state index contributed by atoms with van der Waals surface area (Å²) in [5.74, 6) is 0.829. The van der Waals surface area contributed by atoms with E-state index in [4.69, 9.17) is 0 Å². The van der Waals surface area contributed by atoms with Crippen LogP contribution < -0.4 is 10.2 Å². The average Bonchev–Trinajstić information content (AvgIpc) is 2.55. The predicted molar refractivity (Wildman–Crippen MR) is 105 cm³/mol. The van der Waals surface area contributed by atoms with E-state index in [1.165, 1.54) is 21.6 Å². The van der Waals surface area contributed by atoms with Crippen LogP contribution in [-0.2, 0) is 11.3 Å². The number of anilines is 1. The quantitative estimate of drug-likeness (QED) is 0.794. The van der Waals surface area contributed by atoms with E-state index in [1.807, 2.05) is 18.2 Å². The van der Waals surface area contributed by atoms with Crippen molar-refractivity contribution in [1.29, 1.82) is 0 Å². The zero-order chi connectivity index (χ0) is 18.4. The van der Waals surface area contributed by atoms with Crippen molar-refractivity contribution in [3.63, 3.8) is 0 Å². The molecule has 0 aliphatic rings. The van der Waals surface area contributed by atoms with Gasteiger partial charge in [-0.15, -0.1) is 0 Å². The van der Waals surface area contributed by atoms with Crippen molar-refractivity contribution in [3.8, 4) is 0 Å². The van der Waals surface area contributed by atoms with Gasteiger partial charge >= 0.3 is 0 Å². The van der Waals surface area contributed by atoms with Gasteiger partial charge in [-0.2, -0.15) is 0 Å². The van der Waals surface area contributed by atoms with Crippen LogP contribution in [0.15, 0.2) is 48.5 Å². The maximum Gasteiger partial charge on any atom is 0.279 e. The van der Waals surface area contributed by atoms with Gasteiger partial charge < -0.3 is 10.2 Å². The third-order valence-electron chi connectivity index (χ3n) is 4.45. The van der Waals surface area contributed by atoms with Crippen molar-refractivity contribution >= 4 is 11.6 Å². The Labute approximate surface area is 152 Å². The molecule has 0 saturated carbocycles. The molecule has 2 aromatic carbocycles. The third-order valence-corrected chi connectivity index (χ3v) is 4.45. The van der Waals surface area contributed by atoms with E-state index >= 15 is 0 Å². The zero-order valence-electron chi connectivity index (χ0n) is 16.1. The van der Waals surface area contributed by atoms with Gasteiger partial charge in [-0.25, -0.2) is 0 Å². The Morgan fingerprint density at radius 1 is 0.920 bits per heavy atom. The normalized spacial score (nSPS) is 12.4. The minimum Gasteiger partial charge on any atom is -0.326 e. The Morgan fingerprint density at radius 2 is 1.48 bits per heavy atom. The number of likely N-dealkylation sites (N-methyl/N-ethyl adjacent to an activating group) is 1. The maximum absolute atomic E-state index is 12.6. The standard InChI is InChI=1S/C22H30N2O/c1-16(2)19-12-9-13-20(17(3)4)22(19)23-21(25)15-24(5)14-18-10-7-6-8-11-18/h6-13,16-17H,14-15H2,1-5H3,(H,23,25)/p+1. The van der Waals surface area contributed by atoms with E-state index < -0.39 is 0 Å². The third kappa shape index (κ3) is 5.43. The molecule has 0 aliphatic carbocycles. The monoisotopic (exact) mass is 339 g/mol. The molecule has 0 aliphatic heterocycles. The van der Waals surface area contributed by atoms with Gasteiger partial charge in [0.05, 0.1) is 7.05 Å². The molecule has 0 radical (unpaired) electrons. The first-order valence-corrected chi connectivity index (χ1v) is 9.16. The molecule has 0 saturated heterocycles. The molecule has 0 heterocycles. The van der Waals surface area contributed by atoms with E-state index in [9.17, 15) is 4.79 Å². The summed E-state index contributed by atoms with van der Waals surface area (Å²) in [7, 11) is 2.06. The van der Waals surface area contributed by atoms with Crippen LogP contribution in [0.3, 0.4) is 0 Å². The van der Waals surface area contributed by atoms with E-state index in [-0.39, 0.29) is 5.91 Å². The van der Waals surface area contributed by atoms with E-state index in [0.29, 0.717) is 18.4 Å². The fourth-order valence-electron chi connectivity index (χ4n) is 3.16. The Hall–Kier alpha value is -2.13. The van der Waals surface area contributed by atoms with Gasteiger partial charge in [-0.05, 0) is 23.0 Å². The van der Waals surface area contributed by atoms with Gasteiger partial charge in [0.1, 0.15) is 6.54 Å². The van der Waals surface area contributed by atoms with Crippen LogP contribution in [0.25, 0.3) is 0 Å². The lowest BCUT2D eigenvalue weighted by molar-refractivity contribution is -0.885. The molecule has 134 valence electrons. The van der Waals surface area contributed by atoms with Crippen molar-refractivity contribution in [3.05, 3.63) is 65.2 Å². The molecule has 1 atom stereocenters. The van der Waals surface area contributed by atoms with E-state index in [2.05, 4.69) is 70.4 Å². The van der Waals surface area contributed by atoms with Crippen LogP contribution in [0, 0.1) is 0 Å². The molecule has 3 nitrogen and oxygen atoms in total. The number of benzene rings is 2. The molecule has 0 bridgehead atoms. The maximum atomic E-state index is 12.6. The number of rotatable bonds is 7. The number of nitrogens with one attached hydrogen (secondary N) is 2. The average molecular weight is 340 g/mol. The van der Waals surface area contributed by atoms with E-state index in [1.54, 1.807) is 0 Å². The number of carbonyl (C=O) groups excluding carboxylic acids is 1. The molecule has 2 aromatic rings. The van der Waals surface area contributed by atoms with Crippen LogP contribution in [-0.4, -0.2) is 19.5 Å². The second-order valence-corrected chi connectivity index (χ2v) is 7.47. The van der Waals surface area contributed by atoms with Crippen LogP contribution >= 0.6 is 0 Å². The highest BCUT2D eigenvalue weighted by molar-refractivity contribution is 5.93. The minimum absolute atomic E-state index is 0.0726. The van der Waals surface area contributed by atoms with E-state index in [0.717, 1.165) is 12.2 Å². The van der Waals surface area contributed by atoms with Crippen molar-refractivity contribution in [2.75, 3.05) is 18.9 Å². The first-order chi connectivity index (χ1) is 11.9. The summed E-state index contributed by atoms with van der Waals surface area (Å²) in [6, 6.07) is 16.6. The first kappa shape index (κ1) is 19.2. The van der Waals surface area contributed by atoms with Crippen LogP contribution in [0.2, 0.25) is 0 Å². The lowest BCUT2D eigenvalue weighted by atomic mass is 9.92. The van der Waals surface area contributed by atoms with Crippen molar-refractivity contribution in [2.45, 2.75) is 46.1 Å². The summed E-state index contributed by atoms with van der Waals surface area (Å²) in [5.41, 5.74) is 4.67. The van der Waals surface area contributed by atoms with Gasteiger partial charge in [-0.3, -0.25) is 4.79 Å². The smallest absolute Gasteiger partial charge is 0.279 e. The zero-order valence-corrected chi connectivity index (χ0v) is 16.1. The summed E-state index contributed by atoms with van der Waals surface area (Å²) in [6.07, 6.45) is 0. The number of quaternary nitrogens is 1. The summed E-state index contributed by atoms with van der Waals surface area (Å²) in [6.45, 7) is 9.98. The molecule has 1 amide bonds. The highest BCUT2D eigenvalue weighted by Crippen LogP contribution is 2.32. The largest absolute Gasteiger partial charge is 0.326 e. The molecular weight excluding hydrogens is 308 g/mol. The predicted octanol–water partition coefficient (Wildman–Crippen LogP) is 3.59. The fourth-order valence-corrected chi connectivity index (χ4v) is 3.16. The molecule has 2 N–H and O–H groups in total. The molecule has 25 heavy (non-hydrogen) atoms. The Bertz CT molecular complexity index is 666. The van der Waals surface area contributed by atoms with Crippen LogP contribution in [0.4, 0.5) is 5.69 Å². The van der Waals surface area contributed by atoms with Crippen LogP contribution in [0.5, 0.6) is 0 Å². The number of hydrogen-bond donors (Lipinski definition) is 2. The van der Waals surface area contributed by atoms with Crippen molar-refractivity contribution in [1.82, 2.24) is 0 Å². The molecule has 0 aromatic heterocycles. The minimum atomic E-state index is 0.0726. The Kier molecular flexibility index (Phi) is 6.77. The van der Waals surface area contributed by atoms with Gasteiger partial charge in [0.2, 0.25) is 0 Å². The highest BCUT2D eigenvalue weighted by Gasteiger charge is 2.18. The molecule has 2 rings (SSSR count). The van der Waals surface area contributed by atoms with Gasteiger partial charge in [0, 0.05) is 11.3 Å². The van der Waals surface area contributed by atoms with Crippen molar-refractivity contribution in [2.24, 2.45) is 0 Å². The highest BCUT2D eigenvalue weighted by atomic mass is 16.2. The first-order valence-electron chi connectivity index (χ1n) is 9.16. The number of amides is 1. The summed E-state index contributed by atoms with van der Waals surface area (Å²) in [4.78, 5) is 13.8. The Balaban J connectivity index is 2.09. The van der Waals surface area contributed by atoms with Gasteiger partial charge in [-0.1, -0.05) is 76.2 Å². The van der Waals surface area contributed by atoms with Gasteiger partial charge in [0.25, 0.3) is 5.91 Å². The summed E-state index contributed by atoms with van der Waals surface area (Å²) in [5, 5.41) is 3.20. The number of carbonyl (C=O) groups is 1. The molecular formula is C22H31N2O+. The lowest BCUT2D eigenvalue weighted by Crippen LogP contribution is -3.08. The molecule has 1 unspecified atom stereocenters. The molecule has 0 fully saturated rings. The molecule has 3 heteroatoms. The van der Waals surface area contributed by atoms with Gasteiger partial charge in [0.15, 0.2) is 6.54 Å². The number of para-hydroxylation sites is 1. The Morgan fingerprint density at radius 3 is 2.00 bits per heavy atom. The second-order valence-electron chi connectivity index (χ2n) is 7.47. The lowest BCUT2D eigenvalue weighted by Gasteiger charge is -2.21. The van der Waals surface area contributed by atoms with Crippen molar-refractivity contribution < 1.29 is 9.69 Å². The summed E-state index contributed by atoms with van der Waals surface area (Å²) >= 11 is 0. The molecule has 0 spiro atoms. The topological polar surface area (TPSA) is 33.5 Å². The van der Waals surface area contributed by atoms with Crippen LogP contribution in [0.1, 0.15) is 56.2 Å². The number of hydrogen-bond acceptors (Lipinski definition) is 1.